The van der Waals surface area contributed by atoms with E-state index in [4.69, 9.17) is 5.73 Å². The second-order valence-electron chi connectivity index (χ2n) is 4.53. The van der Waals surface area contributed by atoms with Crippen LogP contribution in [0.1, 0.15) is 30.7 Å². The van der Waals surface area contributed by atoms with Crippen LogP contribution in [0.5, 0.6) is 0 Å². The maximum atomic E-state index is 5.74. The van der Waals surface area contributed by atoms with Crippen LogP contribution in [0, 0.1) is 0 Å². The molecule has 0 radical (unpaired) electrons. The first kappa shape index (κ1) is 12.9. The highest BCUT2D eigenvalue weighted by Crippen LogP contribution is 2.29. The summed E-state index contributed by atoms with van der Waals surface area (Å²) in [7, 11) is 0. The molecule has 0 aliphatic carbocycles. The molecule has 20 heavy (non-hydrogen) atoms. The van der Waals surface area contributed by atoms with Crippen LogP contribution in [-0.2, 0) is 0 Å². The minimum absolute atomic E-state index is 0.223. The number of nitrogens with two attached hydrogens (primary N) is 1. The first-order chi connectivity index (χ1) is 9.78. The zero-order valence-corrected chi connectivity index (χ0v) is 11.9. The van der Waals surface area contributed by atoms with Crippen molar-refractivity contribution in [2.45, 2.75) is 25.8 Å². The van der Waals surface area contributed by atoms with E-state index in [1.165, 1.54) is 4.88 Å². The summed E-state index contributed by atoms with van der Waals surface area (Å²) in [6, 6.07) is 4.41. The highest BCUT2D eigenvalue weighted by Gasteiger charge is 2.15. The molecule has 0 aliphatic rings. The molecule has 0 aromatic carbocycles. The SMILES string of the molecule is CCCC(Nc1nc(N)nc2nc[nH]c12)c1cccs1. The third kappa shape index (κ3) is 2.44. The van der Waals surface area contributed by atoms with Crippen molar-refractivity contribution in [3.8, 4) is 0 Å². The van der Waals surface area contributed by atoms with E-state index in [0.717, 1.165) is 18.4 Å². The molecule has 1 unspecified atom stereocenters. The Balaban J connectivity index is 1.96. The third-order valence-corrected chi connectivity index (χ3v) is 4.06. The van der Waals surface area contributed by atoms with Gasteiger partial charge in [0.25, 0.3) is 0 Å². The molecule has 3 heterocycles. The molecule has 7 heteroatoms. The molecule has 3 aromatic rings. The van der Waals surface area contributed by atoms with Crippen LogP contribution < -0.4 is 11.1 Å². The summed E-state index contributed by atoms with van der Waals surface area (Å²) in [6.07, 6.45) is 3.71. The lowest BCUT2D eigenvalue weighted by atomic mass is 10.1. The quantitative estimate of drug-likeness (QED) is 0.671. The number of anilines is 2. The second kappa shape index (κ2) is 5.46. The molecular formula is C13H16N6S. The van der Waals surface area contributed by atoms with Crippen molar-refractivity contribution >= 4 is 34.3 Å². The number of nitrogen functional groups attached to an aromatic ring is 1. The number of hydrogen-bond donors (Lipinski definition) is 3. The molecule has 4 N–H and O–H groups in total. The van der Waals surface area contributed by atoms with Crippen LogP contribution in [0.15, 0.2) is 23.8 Å². The number of H-pyrrole nitrogens is 1. The second-order valence-corrected chi connectivity index (χ2v) is 5.51. The van der Waals surface area contributed by atoms with Gasteiger partial charge in [-0.25, -0.2) is 4.98 Å². The molecule has 0 saturated heterocycles. The predicted octanol–water partition coefficient (Wildman–Crippen LogP) is 2.95. The van der Waals surface area contributed by atoms with Crippen LogP contribution in [0.3, 0.4) is 0 Å². The summed E-state index contributed by atoms with van der Waals surface area (Å²) < 4.78 is 0. The summed E-state index contributed by atoms with van der Waals surface area (Å²) in [5.41, 5.74) is 7.11. The molecule has 104 valence electrons. The van der Waals surface area contributed by atoms with E-state index >= 15 is 0 Å². The van der Waals surface area contributed by atoms with E-state index in [0.29, 0.717) is 11.5 Å². The normalized spacial score (nSPS) is 12.7. The molecule has 3 rings (SSSR count). The van der Waals surface area contributed by atoms with E-state index in [9.17, 15) is 0 Å². The Morgan fingerprint density at radius 2 is 2.35 bits per heavy atom. The summed E-state index contributed by atoms with van der Waals surface area (Å²) in [5.74, 6) is 0.936. The van der Waals surface area contributed by atoms with Gasteiger partial charge in [0, 0.05) is 4.88 Å². The van der Waals surface area contributed by atoms with Crippen molar-refractivity contribution in [2.24, 2.45) is 0 Å². The fourth-order valence-electron chi connectivity index (χ4n) is 2.18. The number of fused-ring (bicyclic) bond motifs is 1. The Bertz CT molecular complexity index is 690. The van der Waals surface area contributed by atoms with Gasteiger partial charge in [-0.3, -0.25) is 0 Å². The van der Waals surface area contributed by atoms with Crippen LogP contribution in [-0.4, -0.2) is 19.9 Å². The molecule has 0 saturated carbocycles. The van der Waals surface area contributed by atoms with Gasteiger partial charge in [0.05, 0.1) is 12.4 Å². The zero-order valence-electron chi connectivity index (χ0n) is 11.1. The minimum atomic E-state index is 0.223. The smallest absolute Gasteiger partial charge is 0.224 e. The van der Waals surface area contributed by atoms with Crippen LogP contribution in [0.2, 0.25) is 0 Å². The van der Waals surface area contributed by atoms with Gasteiger partial charge in [0.15, 0.2) is 11.5 Å². The molecule has 0 fully saturated rings. The Morgan fingerprint density at radius 3 is 3.10 bits per heavy atom. The van der Waals surface area contributed by atoms with Gasteiger partial charge in [-0.05, 0) is 17.9 Å². The average Bonchev–Trinajstić information content (AvgIpc) is 3.08. The number of thiophene rings is 1. The van der Waals surface area contributed by atoms with Gasteiger partial charge < -0.3 is 16.0 Å². The average molecular weight is 288 g/mol. The monoisotopic (exact) mass is 288 g/mol. The van der Waals surface area contributed by atoms with Crippen molar-refractivity contribution in [2.75, 3.05) is 11.1 Å². The van der Waals surface area contributed by atoms with Crippen molar-refractivity contribution in [1.29, 1.82) is 0 Å². The van der Waals surface area contributed by atoms with Gasteiger partial charge in [0.1, 0.15) is 5.52 Å². The summed E-state index contributed by atoms with van der Waals surface area (Å²) in [5, 5.41) is 5.54. The number of nitrogens with zero attached hydrogens (tertiary/aromatic N) is 3. The van der Waals surface area contributed by atoms with Crippen molar-refractivity contribution in [1.82, 2.24) is 19.9 Å². The Labute approximate surface area is 120 Å². The fourth-order valence-corrected chi connectivity index (χ4v) is 3.00. The molecule has 0 spiro atoms. The van der Waals surface area contributed by atoms with Crippen LogP contribution in [0.25, 0.3) is 11.2 Å². The highest BCUT2D eigenvalue weighted by molar-refractivity contribution is 7.10. The number of hydrogen-bond acceptors (Lipinski definition) is 6. The summed E-state index contributed by atoms with van der Waals surface area (Å²) in [6.45, 7) is 2.17. The molecular weight excluding hydrogens is 272 g/mol. The maximum Gasteiger partial charge on any atom is 0.224 e. The molecule has 0 aliphatic heterocycles. The van der Waals surface area contributed by atoms with Gasteiger partial charge in [-0.1, -0.05) is 19.4 Å². The fraction of sp³-hybridized carbons (Fsp3) is 0.308. The van der Waals surface area contributed by atoms with Crippen molar-refractivity contribution in [3.63, 3.8) is 0 Å². The van der Waals surface area contributed by atoms with Gasteiger partial charge in [-0.15, -0.1) is 11.3 Å². The number of rotatable bonds is 5. The molecule has 6 nitrogen and oxygen atoms in total. The molecule has 0 amide bonds. The zero-order chi connectivity index (χ0) is 13.9. The van der Waals surface area contributed by atoms with Crippen molar-refractivity contribution < 1.29 is 0 Å². The van der Waals surface area contributed by atoms with E-state index in [1.807, 2.05) is 0 Å². The van der Waals surface area contributed by atoms with Gasteiger partial charge in [0.2, 0.25) is 5.95 Å². The van der Waals surface area contributed by atoms with Gasteiger partial charge >= 0.3 is 0 Å². The highest BCUT2D eigenvalue weighted by atomic mass is 32.1. The van der Waals surface area contributed by atoms with E-state index < -0.39 is 0 Å². The third-order valence-electron chi connectivity index (χ3n) is 3.08. The van der Waals surface area contributed by atoms with E-state index in [2.05, 4.69) is 49.7 Å². The lowest BCUT2D eigenvalue weighted by molar-refractivity contribution is 0.685. The standard InChI is InChI=1S/C13H16N6S/c1-2-4-8(9-5-3-6-20-9)17-12-10-11(16-7-15-10)18-13(14)19-12/h3,5-8H,2,4H2,1H3,(H4,14,15,16,17,18,19). The summed E-state index contributed by atoms with van der Waals surface area (Å²) >= 11 is 1.74. The Morgan fingerprint density at radius 1 is 1.45 bits per heavy atom. The lowest BCUT2D eigenvalue weighted by Gasteiger charge is -2.17. The number of aromatic nitrogens is 4. The van der Waals surface area contributed by atoms with Gasteiger partial charge in [-0.2, -0.15) is 9.97 Å². The largest absolute Gasteiger partial charge is 0.368 e. The lowest BCUT2D eigenvalue weighted by Crippen LogP contribution is -2.12. The summed E-state index contributed by atoms with van der Waals surface area (Å²) in [4.78, 5) is 16.9. The molecule has 0 bridgehead atoms. The first-order valence-electron chi connectivity index (χ1n) is 6.54. The van der Waals surface area contributed by atoms with Crippen molar-refractivity contribution in [3.05, 3.63) is 28.7 Å². The predicted molar refractivity (Wildman–Crippen MR) is 81.7 cm³/mol. The van der Waals surface area contributed by atoms with Crippen LogP contribution in [0.4, 0.5) is 11.8 Å². The molecule has 1 atom stereocenters. The topological polar surface area (TPSA) is 92.5 Å². The molecule has 3 aromatic heterocycles. The van der Waals surface area contributed by atoms with E-state index in [-0.39, 0.29) is 12.0 Å². The maximum absolute atomic E-state index is 5.74. The van der Waals surface area contributed by atoms with E-state index in [1.54, 1.807) is 17.7 Å². The number of imidazole rings is 1. The number of aromatic amines is 1. The first-order valence-corrected chi connectivity index (χ1v) is 7.42. The Kier molecular flexibility index (Phi) is 3.51. The number of nitrogens with one attached hydrogen (secondary N) is 2. The van der Waals surface area contributed by atoms with Crippen LogP contribution >= 0.6 is 11.3 Å². The Hall–Kier alpha value is -2.15. The minimum Gasteiger partial charge on any atom is -0.368 e.